The van der Waals surface area contributed by atoms with E-state index in [0.717, 1.165) is 48.3 Å². The molecule has 1 fully saturated rings. The minimum atomic E-state index is -0.203. The minimum absolute atomic E-state index is 0.203. The number of aromatic nitrogens is 2. The topological polar surface area (TPSA) is 62.2 Å². The van der Waals surface area contributed by atoms with Gasteiger partial charge >= 0.3 is 0 Å². The van der Waals surface area contributed by atoms with Gasteiger partial charge in [0.05, 0.1) is 11.0 Å². The van der Waals surface area contributed by atoms with E-state index in [1.807, 2.05) is 59.2 Å². The Morgan fingerprint density at radius 3 is 2.58 bits per heavy atom. The quantitative estimate of drug-likeness (QED) is 0.456. The second-order valence-electron chi connectivity index (χ2n) is 8.23. The molecule has 1 aliphatic heterocycles. The van der Waals surface area contributed by atoms with Gasteiger partial charge in [-0.1, -0.05) is 54.1 Å². The first-order valence-corrected chi connectivity index (χ1v) is 11.6. The van der Waals surface area contributed by atoms with Crippen LogP contribution in [0.4, 0.5) is 5.69 Å². The van der Waals surface area contributed by atoms with Crippen LogP contribution in [0.15, 0.2) is 72.8 Å². The van der Waals surface area contributed by atoms with Gasteiger partial charge in [0, 0.05) is 50.0 Å². The molecule has 6 nitrogen and oxygen atoms in total. The van der Waals surface area contributed by atoms with Gasteiger partial charge in [-0.2, -0.15) is 0 Å². The van der Waals surface area contributed by atoms with Crippen molar-refractivity contribution < 1.29 is 4.79 Å². The van der Waals surface area contributed by atoms with E-state index in [9.17, 15) is 4.79 Å². The lowest BCUT2D eigenvalue weighted by Crippen LogP contribution is -2.43. The predicted octanol–water partition coefficient (Wildman–Crippen LogP) is 4.08. The third-order valence-corrected chi connectivity index (χ3v) is 6.18. The normalized spacial score (nSPS) is 13.9. The molecule has 1 aromatic heterocycles. The van der Waals surface area contributed by atoms with Crippen LogP contribution in [-0.2, 0) is 13.1 Å². The number of nitrogens with one attached hydrogen (secondary N) is 2. The van der Waals surface area contributed by atoms with Crippen LogP contribution in [-0.4, -0.2) is 41.6 Å². The van der Waals surface area contributed by atoms with Crippen LogP contribution in [0.25, 0.3) is 11.0 Å². The highest BCUT2D eigenvalue weighted by atomic mass is 35.5. The van der Waals surface area contributed by atoms with E-state index in [0.29, 0.717) is 23.9 Å². The number of fused-ring (bicyclic) bond motifs is 1. The van der Waals surface area contributed by atoms with Crippen molar-refractivity contribution in [1.82, 2.24) is 20.2 Å². The maximum Gasteiger partial charge on any atom is 0.287 e. The van der Waals surface area contributed by atoms with Crippen molar-refractivity contribution in [2.45, 2.75) is 13.1 Å². The zero-order valence-corrected chi connectivity index (χ0v) is 19.1. The number of nitrogens with zero attached hydrogens (tertiary/aromatic N) is 3. The van der Waals surface area contributed by atoms with E-state index in [2.05, 4.69) is 32.7 Å². The van der Waals surface area contributed by atoms with Gasteiger partial charge in [0.2, 0.25) is 0 Å². The van der Waals surface area contributed by atoms with Crippen molar-refractivity contribution in [2.75, 3.05) is 31.1 Å². The molecule has 2 N–H and O–H groups in total. The monoisotopic (exact) mass is 459 g/mol. The second-order valence-corrected chi connectivity index (χ2v) is 8.67. The standard InChI is InChI=1S/C26H26ClN5O/c27-21-9-10-23-24(16-21)32(18-19-5-2-1-3-6-19)25(30-23)26(33)29-17-20-7-4-8-22(15-20)31-13-11-28-12-14-31/h1-10,15-16,28H,11-14,17-18H2,(H,29,33). The Bertz CT molecular complexity index is 1260. The summed E-state index contributed by atoms with van der Waals surface area (Å²) in [6.45, 7) is 4.93. The highest BCUT2D eigenvalue weighted by Crippen LogP contribution is 2.22. The number of piperazine rings is 1. The Hall–Kier alpha value is -3.35. The summed E-state index contributed by atoms with van der Waals surface area (Å²) in [6, 6.07) is 23.9. The highest BCUT2D eigenvalue weighted by Gasteiger charge is 2.18. The lowest BCUT2D eigenvalue weighted by atomic mass is 10.1. The summed E-state index contributed by atoms with van der Waals surface area (Å²) in [6.07, 6.45) is 0. The fraction of sp³-hybridized carbons (Fsp3) is 0.231. The van der Waals surface area contributed by atoms with Gasteiger partial charge in [-0.3, -0.25) is 4.79 Å². The fourth-order valence-corrected chi connectivity index (χ4v) is 4.41. The molecule has 7 heteroatoms. The lowest BCUT2D eigenvalue weighted by molar-refractivity contribution is 0.0937. The third-order valence-electron chi connectivity index (χ3n) is 5.94. The van der Waals surface area contributed by atoms with Crippen LogP contribution >= 0.6 is 11.6 Å². The molecule has 4 aromatic rings. The molecule has 0 aliphatic carbocycles. The molecule has 1 saturated heterocycles. The zero-order valence-electron chi connectivity index (χ0n) is 18.3. The van der Waals surface area contributed by atoms with Crippen LogP contribution in [0.1, 0.15) is 21.7 Å². The summed E-state index contributed by atoms with van der Waals surface area (Å²) in [5.41, 5.74) is 4.94. The van der Waals surface area contributed by atoms with Crippen LogP contribution in [0, 0.1) is 0 Å². The first kappa shape index (κ1) is 21.5. The molecule has 2 heterocycles. The van der Waals surface area contributed by atoms with E-state index < -0.39 is 0 Å². The molecule has 0 bridgehead atoms. The second kappa shape index (κ2) is 9.65. The lowest BCUT2D eigenvalue weighted by Gasteiger charge is -2.29. The van der Waals surface area contributed by atoms with Crippen molar-refractivity contribution in [3.05, 3.63) is 94.8 Å². The Labute approximate surface area is 198 Å². The molecule has 33 heavy (non-hydrogen) atoms. The van der Waals surface area contributed by atoms with E-state index in [-0.39, 0.29) is 5.91 Å². The number of hydrogen-bond acceptors (Lipinski definition) is 4. The number of carbonyl (C=O) groups excluding carboxylic acids is 1. The molecule has 1 aliphatic rings. The van der Waals surface area contributed by atoms with E-state index >= 15 is 0 Å². The summed E-state index contributed by atoms with van der Waals surface area (Å²) in [4.78, 5) is 20.2. The number of amides is 1. The third kappa shape index (κ3) is 4.87. The molecule has 0 radical (unpaired) electrons. The van der Waals surface area contributed by atoms with E-state index in [4.69, 9.17) is 11.6 Å². The maximum atomic E-state index is 13.2. The summed E-state index contributed by atoms with van der Waals surface area (Å²) in [7, 11) is 0. The average molecular weight is 460 g/mol. The number of carbonyl (C=O) groups is 1. The van der Waals surface area contributed by atoms with Gasteiger partial charge in [0.15, 0.2) is 5.82 Å². The Kier molecular flexibility index (Phi) is 6.28. The first-order valence-electron chi connectivity index (χ1n) is 11.2. The van der Waals surface area contributed by atoms with Gasteiger partial charge in [-0.25, -0.2) is 4.98 Å². The molecule has 0 atom stereocenters. The van der Waals surface area contributed by atoms with Gasteiger partial charge < -0.3 is 20.1 Å². The smallest absolute Gasteiger partial charge is 0.287 e. The first-order chi connectivity index (χ1) is 16.2. The van der Waals surface area contributed by atoms with Crippen molar-refractivity contribution in [3.63, 3.8) is 0 Å². The van der Waals surface area contributed by atoms with Gasteiger partial charge in [0.1, 0.15) is 0 Å². The Morgan fingerprint density at radius 1 is 0.970 bits per heavy atom. The summed E-state index contributed by atoms with van der Waals surface area (Å²) in [5.74, 6) is 0.181. The molecular weight excluding hydrogens is 434 g/mol. The van der Waals surface area contributed by atoms with E-state index in [1.54, 1.807) is 6.07 Å². The molecule has 168 valence electrons. The molecule has 5 rings (SSSR count). The summed E-state index contributed by atoms with van der Waals surface area (Å²) in [5, 5.41) is 7.06. The SMILES string of the molecule is O=C(NCc1cccc(N2CCNCC2)c1)c1nc2ccc(Cl)cc2n1Cc1ccccc1. The summed E-state index contributed by atoms with van der Waals surface area (Å²) < 4.78 is 1.93. The number of halogens is 1. The molecular formula is C26H26ClN5O. The number of imidazole rings is 1. The number of rotatable bonds is 6. The Balaban J connectivity index is 1.38. The molecule has 1 amide bonds. The average Bonchev–Trinajstić information content (AvgIpc) is 3.21. The largest absolute Gasteiger partial charge is 0.369 e. The van der Waals surface area contributed by atoms with Crippen molar-refractivity contribution in [2.24, 2.45) is 0 Å². The zero-order chi connectivity index (χ0) is 22.6. The number of anilines is 1. The van der Waals surface area contributed by atoms with Crippen LogP contribution < -0.4 is 15.5 Å². The predicted molar refractivity (Wildman–Crippen MR) is 133 cm³/mol. The van der Waals surface area contributed by atoms with Crippen molar-refractivity contribution in [1.29, 1.82) is 0 Å². The van der Waals surface area contributed by atoms with Gasteiger partial charge in [-0.05, 0) is 41.5 Å². The number of benzene rings is 3. The Morgan fingerprint density at radius 2 is 1.76 bits per heavy atom. The minimum Gasteiger partial charge on any atom is -0.369 e. The molecule has 0 saturated carbocycles. The number of hydrogen-bond donors (Lipinski definition) is 2. The van der Waals surface area contributed by atoms with Crippen LogP contribution in [0.2, 0.25) is 5.02 Å². The van der Waals surface area contributed by atoms with Crippen molar-refractivity contribution in [3.8, 4) is 0 Å². The maximum absolute atomic E-state index is 13.2. The molecule has 3 aromatic carbocycles. The van der Waals surface area contributed by atoms with Crippen molar-refractivity contribution >= 4 is 34.2 Å². The van der Waals surface area contributed by atoms with Crippen LogP contribution in [0.5, 0.6) is 0 Å². The molecule has 0 unspecified atom stereocenters. The van der Waals surface area contributed by atoms with Gasteiger partial charge in [-0.15, -0.1) is 0 Å². The fourth-order valence-electron chi connectivity index (χ4n) is 4.24. The van der Waals surface area contributed by atoms with Crippen LogP contribution in [0.3, 0.4) is 0 Å². The van der Waals surface area contributed by atoms with E-state index in [1.165, 1.54) is 5.69 Å². The summed E-state index contributed by atoms with van der Waals surface area (Å²) >= 11 is 6.25. The highest BCUT2D eigenvalue weighted by molar-refractivity contribution is 6.31. The van der Waals surface area contributed by atoms with Gasteiger partial charge in [0.25, 0.3) is 5.91 Å². The molecule has 0 spiro atoms.